The summed E-state index contributed by atoms with van der Waals surface area (Å²) >= 11 is 0. The number of hydrogen-bond donors (Lipinski definition) is 0. The lowest BCUT2D eigenvalue weighted by molar-refractivity contribution is 0.340. The largest absolute Gasteiger partial charge is 0.410 e. The summed E-state index contributed by atoms with van der Waals surface area (Å²) in [6.07, 6.45) is 0.479. The molecule has 0 rings (SSSR count). The van der Waals surface area contributed by atoms with E-state index in [-0.39, 0.29) is 0 Å². The monoisotopic (exact) mass is 114 g/mol. The topological polar surface area (TPSA) is 9.23 Å². The van der Waals surface area contributed by atoms with Crippen molar-refractivity contribution < 1.29 is 4.65 Å². The van der Waals surface area contributed by atoms with Crippen molar-refractivity contribution in [1.82, 2.24) is 0 Å². The van der Waals surface area contributed by atoms with Crippen LogP contribution in [-0.2, 0) is 4.65 Å². The molecule has 1 nitrogen and oxygen atoms in total. The summed E-state index contributed by atoms with van der Waals surface area (Å²) in [6.45, 7) is 10.3. The zero-order valence-corrected chi connectivity index (χ0v) is 6.49. The van der Waals surface area contributed by atoms with Crippen LogP contribution in [0.15, 0.2) is 0 Å². The maximum absolute atomic E-state index is 5.42. The molecule has 0 aliphatic carbocycles. The predicted octanol–water partition coefficient (Wildman–Crippen LogP) is 2.41. The van der Waals surface area contributed by atoms with Gasteiger partial charge in [0.2, 0.25) is 0 Å². The zero-order chi connectivity index (χ0) is 6.78. The average molecular weight is 114 g/mol. The molecule has 2 heteroatoms. The lowest BCUT2D eigenvalue weighted by Gasteiger charge is -2.19. The molecular weight excluding hydrogens is 98.9 g/mol. The van der Waals surface area contributed by atoms with Crippen molar-refractivity contribution in [1.29, 1.82) is 0 Å². The second kappa shape index (κ2) is 2.45. The maximum atomic E-state index is 5.42. The third-order valence-corrected chi connectivity index (χ3v) is 0.589. The molecule has 0 heterocycles. The number of hydrogen-bond acceptors (Lipinski definition) is 1. The molecule has 0 aliphatic heterocycles. The predicted molar refractivity (Wildman–Crippen MR) is 39.0 cm³/mol. The summed E-state index contributed by atoms with van der Waals surface area (Å²) in [5, 5.41) is 0. The summed E-state index contributed by atoms with van der Waals surface area (Å²) in [6, 6.07) is 0. The molecule has 0 unspecified atom stereocenters. The van der Waals surface area contributed by atoms with Gasteiger partial charge in [-0.15, -0.1) is 0 Å². The van der Waals surface area contributed by atoms with Crippen LogP contribution in [-0.4, -0.2) is 6.35 Å². The zero-order valence-electron chi connectivity index (χ0n) is 6.49. The molecule has 0 aromatic carbocycles. The lowest BCUT2D eigenvalue weighted by Crippen LogP contribution is -2.25. The van der Waals surface area contributed by atoms with E-state index in [2.05, 4.69) is 20.5 Å². The summed E-state index contributed by atoms with van der Waals surface area (Å²) in [4.78, 5) is 0. The Kier molecular flexibility index (Phi) is 2.42. The van der Waals surface area contributed by atoms with Crippen molar-refractivity contribution in [2.24, 2.45) is 0 Å². The molecule has 48 valence electrons. The highest BCUT2D eigenvalue weighted by molar-refractivity contribution is 6.69. The normalized spacial score (nSPS) is 11.6. The first-order valence-corrected chi connectivity index (χ1v) is 3.17. The molecule has 0 bridgehead atoms. The standard InChI is InChI=1S/C6H15BO/c1-6(2)8-7(3,4)5/h1-5H3. The third-order valence-electron chi connectivity index (χ3n) is 0.589. The summed E-state index contributed by atoms with van der Waals surface area (Å²) in [5.41, 5.74) is 0. The highest BCUT2D eigenvalue weighted by Gasteiger charge is 2.14. The molecule has 0 atom stereocenters. The molecular formula is C6H15BO. The van der Waals surface area contributed by atoms with Gasteiger partial charge in [-0.2, -0.15) is 20.5 Å². The lowest BCUT2D eigenvalue weighted by atomic mass is 9.47. The first-order chi connectivity index (χ1) is 3.42. The molecule has 0 fully saturated rings. The van der Waals surface area contributed by atoms with E-state index < -0.39 is 6.35 Å². The van der Waals surface area contributed by atoms with Gasteiger partial charge in [-0.3, -0.25) is 0 Å². The fourth-order valence-electron chi connectivity index (χ4n) is 0.707. The SMILES string of the molecule is C[C+](C)O[B-](C)(C)C. The van der Waals surface area contributed by atoms with E-state index in [1.165, 1.54) is 0 Å². The van der Waals surface area contributed by atoms with Crippen LogP contribution in [0.1, 0.15) is 13.8 Å². The molecule has 0 amide bonds. The van der Waals surface area contributed by atoms with Crippen molar-refractivity contribution in [2.75, 3.05) is 0 Å². The van der Waals surface area contributed by atoms with Gasteiger partial charge < -0.3 is 4.65 Å². The Labute approximate surface area is 52.4 Å². The first kappa shape index (κ1) is 7.89. The van der Waals surface area contributed by atoms with E-state index in [9.17, 15) is 0 Å². The van der Waals surface area contributed by atoms with Crippen LogP contribution in [0.4, 0.5) is 0 Å². The third kappa shape index (κ3) is 5.89. The molecule has 0 saturated carbocycles. The van der Waals surface area contributed by atoms with E-state index in [1.54, 1.807) is 0 Å². The summed E-state index contributed by atoms with van der Waals surface area (Å²) in [7, 11) is 0. The highest BCUT2D eigenvalue weighted by Crippen LogP contribution is 2.10. The minimum atomic E-state index is -0.574. The Morgan fingerprint density at radius 3 is 1.50 bits per heavy atom. The van der Waals surface area contributed by atoms with Crippen molar-refractivity contribution in [3.8, 4) is 0 Å². The van der Waals surface area contributed by atoms with Crippen LogP contribution in [0.5, 0.6) is 0 Å². The second-order valence-corrected chi connectivity index (χ2v) is 3.47. The Bertz CT molecular complexity index is 63.4. The highest BCUT2D eigenvalue weighted by atomic mass is 16.5. The van der Waals surface area contributed by atoms with Crippen LogP contribution in [0.2, 0.25) is 20.5 Å². The van der Waals surface area contributed by atoms with Crippen molar-refractivity contribution in [2.45, 2.75) is 34.3 Å². The molecule has 0 saturated heterocycles. The van der Waals surface area contributed by atoms with Crippen molar-refractivity contribution in [3.05, 3.63) is 6.10 Å². The van der Waals surface area contributed by atoms with Gasteiger partial charge in [0.25, 0.3) is 0 Å². The first-order valence-electron chi connectivity index (χ1n) is 3.17. The Morgan fingerprint density at radius 2 is 1.50 bits per heavy atom. The summed E-state index contributed by atoms with van der Waals surface area (Å²) in [5.74, 6) is 0. The summed E-state index contributed by atoms with van der Waals surface area (Å²) < 4.78 is 5.42. The van der Waals surface area contributed by atoms with Gasteiger partial charge in [0.15, 0.2) is 12.5 Å². The van der Waals surface area contributed by atoms with Crippen LogP contribution in [0.25, 0.3) is 0 Å². The smallest absolute Gasteiger partial charge is 0.182 e. The van der Waals surface area contributed by atoms with Gasteiger partial charge in [-0.1, -0.05) is 0 Å². The second-order valence-electron chi connectivity index (χ2n) is 3.47. The minimum Gasteiger partial charge on any atom is -0.410 e. The van der Waals surface area contributed by atoms with E-state index in [1.807, 2.05) is 13.8 Å². The quantitative estimate of drug-likeness (QED) is 0.395. The van der Waals surface area contributed by atoms with Crippen molar-refractivity contribution in [3.63, 3.8) is 0 Å². The van der Waals surface area contributed by atoms with E-state index in [4.69, 9.17) is 4.65 Å². The Balaban J connectivity index is 3.39. The Morgan fingerprint density at radius 1 is 1.12 bits per heavy atom. The van der Waals surface area contributed by atoms with Crippen LogP contribution < -0.4 is 0 Å². The van der Waals surface area contributed by atoms with Crippen LogP contribution in [0, 0.1) is 6.10 Å². The fourth-order valence-corrected chi connectivity index (χ4v) is 0.707. The van der Waals surface area contributed by atoms with Gasteiger partial charge in [-0.25, -0.2) is 0 Å². The average Bonchev–Trinajstić information content (AvgIpc) is 1.21. The van der Waals surface area contributed by atoms with Gasteiger partial charge in [0.1, 0.15) is 13.8 Å². The molecule has 0 aromatic heterocycles. The van der Waals surface area contributed by atoms with Gasteiger partial charge in [0.05, 0.1) is 0 Å². The van der Waals surface area contributed by atoms with E-state index >= 15 is 0 Å². The van der Waals surface area contributed by atoms with Gasteiger partial charge >= 0.3 is 0 Å². The van der Waals surface area contributed by atoms with Crippen LogP contribution >= 0.6 is 0 Å². The molecule has 0 spiro atoms. The van der Waals surface area contributed by atoms with E-state index in [0.717, 1.165) is 6.10 Å². The molecule has 0 aliphatic rings. The number of rotatable bonds is 2. The molecule has 8 heavy (non-hydrogen) atoms. The molecule has 0 N–H and O–H groups in total. The van der Waals surface area contributed by atoms with E-state index in [0.29, 0.717) is 0 Å². The van der Waals surface area contributed by atoms with Crippen molar-refractivity contribution >= 4 is 6.35 Å². The Hall–Kier alpha value is -0.105. The maximum Gasteiger partial charge on any atom is 0.182 e. The molecule has 0 aromatic rings. The van der Waals surface area contributed by atoms with Gasteiger partial charge in [-0.05, 0) is 0 Å². The van der Waals surface area contributed by atoms with Crippen LogP contribution in [0.3, 0.4) is 0 Å². The van der Waals surface area contributed by atoms with Gasteiger partial charge in [0, 0.05) is 0 Å². The minimum absolute atomic E-state index is 0.574. The molecule has 0 radical (unpaired) electrons. The fraction of sp³-hybridized carbons (Fsp3) is 0.833.